The van der Waals surface area contributed by atoms with Crippen molar-refractivity contribution in [3.05, 3.63) is 11.3 Å². The zero-order valence-electron chi connectivity index (χ0n) is 14.3. The molecule has 1 atom stereocenters. The van der Waals surface area contributed by atoms with E-state index in [-0.39, 0.29) is 0 Å². The Balaban J connectivity index is 1.65. The minimum atomic E-state index is 0.456. The summed E-state index contributed by atoms with van der Waals surface area (Å²) in [5.74, 6) is 1.57. The quantitative estimate of drug-likeness (QED) is 0.832. The highest BCUT2D eigenvalue weighted by atomic mass is 15.3. The molecular formula is C18H29N5. The molecule has 2 aliphatic carbocycles. The average Bonchev–Trinajstić information content (AvgIpc) is 2.54. The van der Waals surface area contributed by atoms with Crippen LogP contribution in [0.1, 0.15) is 56.7 Å². The third kappa shape index (κ3) is 2.91. The van der Waals surface area contributed by atoms with Crippen LogP contribution in [0, 0.1) is 5.41 Å². The summed E-state index contributed by atoms with van der Waals surface area (Å²) in [5, 5.41) is 3.51. The third-order valence-electron chi connectivity index (χ3n) is 6.12. The molecule has 1 spiro atoms. The van der Waals surface area contributed by atoms with Gasteiger partial charge in [0, 0.05) is 31.2 Å². The number of nitrogens with two attached hydrogens (primary N) is 1. The van der Waals surface area contributed by atoms with E-state index in [2.05, 4.69) is 27.1 Å². The van der Waals surface area contributed by atoms with Crippen LogP contribution in [0.4, 0.5) is 11.8 Å². The molecule has 2 heterocycles. The molecule has 126 valence electrons. The first-order chi connectivity index (χ1) is 11.2. The van der Waals surface area contributed by atoms with Gasteiger partial charge in [-0.05, 0) is 44.4 Å². The SMILES string of the molecule is C[C@H]1CN(c2nc(N)nc3c2CCC2(CCCCC2)C3)CCN1. The Labute approximate surface area is 139 Å². The molecule has 1 aromatic heterocycles. The lowest BCUT2D eigenvalue weighted by atomic mass is 9.65. The second kappa shape index (κ2) is 5.93. The summed E-state index contributed by atoms with van der Waals surface area (Å²) in [7, 11) is 0. The number of piperazine rings is 1. The van der Waals surface area contributed by atoms with E-state index < -0.39 is 0 Å². The molecule has 4 rings (SSSR count). The van der Waals surface area contributed by atoms with Crippen molar-refractivity contribution in [1.29, 1.82) is 0 Å². The number of anilines is 2. The van der Waals surface area contributed by atoms with E-state index in [1.165, 1.54) is 49.8 Å². The Morgan fingerprint density at radius 2 is 2.00 bits per heavy atom. The van der Waals surface area contributed by atoms with Crippen molar-refractivity contribution in [2.75, 3.05) is 30.3 Å². The van der Waals surface area contributed by atoms with Crippen molar-refractivity contribution in [3.63, 3.8) is 0 Å². The Morgan fingerprint density at radius 1 is 1.17 bits per heavy atom. The number of hydrogen-bond acceptors (Lipinski definition) is 5. The molecule has 1 aromatic rings. The molecule has 0 unspecified atom stereocenters. The fourth-order valence-electron chi connectivity index (χ4n) is 4.89. The normalized spacial score (nSPS) is 27.0. The summed E-state index contributed by atoms with van der Waals surface area (Å²) < 4.78 is 0. The molecule has 3 N–H and O–H groups in total. The predicted octanol–water partition coefficient (Wildman–Crippen LogP) is 2.30. The maximum absolute atomic E-state index is 6.08. The van der Waals surface area contributed by atoms with Crippen molar-refractivity contribution in [2.24, 2.45) is 5.41 Å². The van der Waals surface area contributed by atoms with Crippen molar-refractivity contribution < 1.29 is 0 Å². The number of rotatable bonds is 1. The first kappa shape index (κ1) is 15.2. The highest BCUT2D eigenvalue weighted by Gasteiger charge is 2.38. The second-order valence-corrected chi connectivity index (χ2v) is 7.87. The monoisotopic (exact) mass is 315 g/mol. The Kier molecular flexibility index (Phi) is 3.92. The van der Waals surface area contributed by atoms with Crippen LogP contribution in [0.2, 0.25) is 0 Å². The topological polar surface area (TPSA) is 67.1 Å². The third-order valence-corrected chi connectivity index (χ3v) is 6.12. The predicted molar refractivity (Wildman–Crippen MR) is 93.7 cm³/mol. The summed E-state index contributed by atoms with van der Waals surface area (Å²) in [6.07, 6.45) is 10.5. The molecule has 0 amide bonds. The van der Waals surface area contributed by atoms with Crippen LogP contribution in [-0.2, 0) is 12.8 Å². The van der Waals surface area contributed by atoms with Gasteiger partial charge in [-0.2, -0.15) is 4.98 Å². The molecule has 0 aromatic carbocycles. The smallest absolute Gasteiger partial charge is 0.222 e. The van der Waals surface area contributed by atoms with E-state index in [4.69, 9.17) is 5.73 Å². The van der Waals surface area contributed by atoms with Crippen LogP contribution in [0.25, 0.3) is 0 Å². The number of nitrogens with one attached hydrogen (secondary N) is 1. The number of nitrogen functional groups attached to an aromatic ring is 1. The molecule has 2 fully saturated rings. The van der Waals surface area contributed by atoms with E-state index in [1.807, 2.05) is 0 Å². The number of nitrogens with zero attached hydrogens (tertiary/aromatic N) is 3. The maximum atomic E-state index is 6.08. The lowest BCUT2D eigenvalue weighted by Gasteiger charge is -2.42. The van der Waals surface area contributed by atoms with E-state index in [9.17, 15) is 0 Å². The molecule has 1 saturated carbocycles. The zero-order chi connectivity index (χ0) is 15.9. The number of aromatic nitrogens is 2. The highest BCUT2D eigenvalue weighted by Crippen LogP contribution is 2.47. The fraction of sp³-hybridized carbons (Fsp3) is 0.778. The Hall–Kier alpha value is -1.36. The minimum Gasteiger partial charge on any atom is -0.368 e. The first-order valence-electron chi connectivity index (χ1n) is 9.29. The molecule has 1 saturated heterocycles. The van der Waals surface area contributed by atoms with E-state index >= 15 is 0 Å². The van der Waals surface area contributed by atoms with Crippen LogP contribution >= 0.6 is 0 Å². The van der Waals surface area contributed by atoms with Crippen molar-refractivity contribution in [1.82, 2.24) is 15.3 Å². The molecule has 1 aliphatic heterocycles. The van der Waals surface area contributed by atoms with Crippen molar-refractivity contribution in [3.8, 4) is 0 Å². The molecule has 23 heavy (non-hydrogen) atoms. The highest BCUT2D eigenvalue weighted by molar-refractivity contribution is 5.53. The van der Waals surface area contributed by atoms with Crippen molar-refractivity contribution in [2.45, 2.75) is 64.3 Å². The Bertz CT molecular complexity index is 579. The summed E-state index contributed by atoms with van der Waals surface area (Å²) in [6, 6.07) is 0.504. The summed E-state index contributed by atoms with van der Waals surface area (Å²) in [5.41, 5.74) is 9.20. The van der Waals surface area contributed by atoms with Gasteiger partial charge in [0.1, 0.15) is 5.82 Å². The standard InChI is InChI=1S/C18H29N5/c1-13-12-23(10-9-20-13)16-14-5-8-18(6-3-2-4-7-18)11-15(14)21-17(19)22-16/h13,20H,2-12H2,1H3,(H2,19,21,22)/t13-/m0/s1. The van der Waals surface area contributed by atoms with Gasteiger partial charge in [-0.15, -0.1) is 0 Å². The molecule has 3 aliphatic rings. The van der Waals surface area contributed by atoms with Gasteiger partial charge >= 0.3 is 0 Å². The number of hydrogen-bond donors (Lipinski definition) is 2. The lowest BCUT2D eigenvalue weighted by Crippen LogP contribution is -2.50. The summed E-state index contributed by atoms with van der Waals surface area (Å²) in [6.45, 7) is 5.27. The summed E-state index contributed by atoms with van der Waals surface area (Å²) in [4.78, 5) is 11.7. The summed E-state index contributed by atoms with van der Waals surface area (Å²) >= 11 is 0. The van der Waals surface area contributed by atoms with Crippen LogP contribution in [0.5, 0.6) is 0 Å². The zero-order valence-corrected chi connectivity index (χ0v) is 14.3. The van der Waals surface area contributed by atoms with Crippen LogP contribution in [0.3, 0.4) is 0 Å². The first-order valence-corrected chi connectivity index (χ1v) is 9.29. The average molecular weight is 315 g/mol. The van der Waals surface area contributed by atoms with E-state index in [0.717, 1.165) is 38.3 Å². The van der Waals surface area contributed by atoms with E-state index in [0.29, 0.717) is 17.4 Å². The van der Waals surface area contributed by atoms with Gasteiger partial charge in [0.25, 0.3) is 0 Å². The Morgan fingerprint density at radius 3 is 2.78 bits per heavy atom. The van der Waals surface area contributed by atoms with Crippen LogP contribution in [-0.4, -0.2) is 35.6 Å². The maximum Gasteiger partial charge on any atom is 0.222 e. The van der Waals surface area contributed by atoms with Crippen LogP contribution < -0.4 is 16.0 Å². The largest absolute Gasteiger partial charge is 0.368 e. The number of fused-ring (bicyclic) bond motifs is 1. The van der Waals surface area contributed by atoms with Gasteiger partial charge in [0.15, 0.2) is 0 Å². The molecule has 5 nitrogen and oxygen atoms in total. The molecular weight excluding hydrogens is 286 g/mol. The van der Waals surface area contributed by atoms with Gasteiger partial charge in [-0.25, -0.2) is 4.98 Å². The lowest BCUT2D eigenvalue weighted by molar-refractivity contribution is 0.160. The van der Waals surface area contributed by atoms with E-state index in [1.54, 1.807) is 0 Å². The van der Waals surface area contributed by atoms with Gasteiger partial charge in [-0.3, -0.25) is 0 Å². The minimum absolute atomic E-state index is 0.456. The second-order valence-electron chi connectivity index (χ2n) is 7.87. The van der Waals surface area contributed by atoms with Gasteiger partial charge in [-0.1, -0.05) is 19.3 Å². The van der Waals surface area contributed by atoms with Gasteiger partial charge in [0.05, 0.1) is 5.69 Å². The molecule has 0 bridgehead atoms. The molecule has 0 radical (unpaired) electrons. The van der Waals surface area contributed by atoms with Crippen LogP contribution in [0.15, 0.2) is 0 Å². The van der Waals surface area contributed by atoms with Gasteiger partial charge < -0.3 is 16.0 Å². The fourth-order valence-corrected chi connectivity index (χ4v) is 4.89. The van der Waals surface area contributed by atoms with Gasteiger partial charge in [0.2, 0.25) is 5.95 Å². The molecule has 5 heteroatoms. The van der Waals surface area contributed by atoms with Crippen molar-refractivity contribution >= 4 is 11.8 Å².